The van der Waals surface area contributed by atoms with Crippen LogP contribution in [0.4, 0.5) is 0 Å². The van der Waals surface area contributed by atoms with Crippen LogP contribution in [-0.4, -0.2) is 28.3 Å². The molecule has 132 valence electrons. The Labute approximate surface area is 153 Å². The zero-order chi connectivity index (χ0) is 18.3. The molecule has 0 N–H and O–H groups in total. The Kier molecular flexibility index (Phi) is 4.16. The molecule has 6 nitrogen and oxygen atoms in total. The van der Waals surface area contributed by atoms with Gasteiger partial charge < -0.3 is 9.47 Å². The highest BCUT2D eigenvalue weighted by Crippen LogP contribution is 2.37. The topological polar surface area (TPSA) is 78.4 Å². The maximum atomic E-state index is 12.1. The van der Waals surface area contributed by atoms with E-state index in [9.17, 15) is 9.59 Å². The van der Waals surface area contributed by atoms with E-state index < -0.39 is 0 Å². The van der Waals surface area contributed by atoms with E-state index in [1.807, 2.05) is 13.0 Å². The minimum atomic E-state index is -0.366. The number of aryl methyl sites for hydroxylation is 2. The number of carbonyl (C=O) groups is 2. The summed E-state index contributed by atoms with van der Waals surface area (Å²) < 4.78 is 11.1. The number of nitrogens with zero attached hydrogens (tertiary/aromatic N) is 2. The molecule has 2 heterocycles. The maximum absolute atomic E-state index is 12.1. The molecule has 2 aromatic heterocycles. The minimum Gasteiger partial charge on any atom is -0.462 e. The van der Waals surface area contributed by atoms with E-state index in [1.165, 1.54) is 17.7 Å². The predicted octanol–water partition coefficient (Wildman–Crippen LogP) is 4.10. The van der Waals surface area contributed by atoms with Gasteiger partial charge in [0.15, 0.2) is 5.78 Å². The first-order valence-electron chi connectivity index (χ1n) is 8.33. The largest absolute Gasteiger partial charge is 0.462 e. The van der Waals surface area contributed by atoms with E-state index in [1.54, 1.807) is 19.1 Å². The van der Waals surface area contributed by atoms with E-state index >= 15 is 0 Å². The van der Waals surface area contributed by atoms with Gasteiger partial charge in [0, 0.05) is 12.0 Å². The molecular weight excluding hydrogens is 352 g/mol. The van der Waals surface area contributed by atoms with Crippen LogP contribution in [0.25, 0.3) is 10.2 Å². The van der Waals surface area contributed by atoms with Crippen molar-refractivity contribution in [2.24, 2.45) is 0 Å². The molecule has 0 saturated heterocycles. The van der Waals surface area contributed by atoms with Crippen molar-refractivity contribution < 1.29 is 19.1 Å². The summed E-state index contributed by atoms with van der Waals surface area (Å²) in [5, 5.41) is 0.706. The normalized spacial score (nSPS) is 13.1. The molecule has 0 bridgehead atoms. The van der Waals surface area contributed by atoms with Gasteiger partial charge in [-0.1, -0.05) is 0 Å². The fourth-order valence-corrected chi connectivity index (χ4v) is 4.15. The molecule has 7 heteroatoms. The minimum absolute atomic E-state index is 0.170. The molecule has 0 amide bonds. The Morgan fingerprint density at radius 2 is 2.12 bits per heavy atom. The van der Waals surface area contributed by atoms with Crippen LogP contribution in [0.2, 0.25) is 0 Å². The molecule has 0 spiro atoms. The molecule has 0 fully saturated rings. The molecule has 1 aliphatic rings. The Balaban J connectivity index is 1.73. The molecule has 0 aliphatic heterocycles. The van der Waals surface area contributed by atoms with Crippen LogP contribution in [0.15, 0.2) is 24.5 Å². The van der Waals surface area contributed by atoms with Gasteiger partial charge in [-0.3, -0.25) is 4.79 Å². The number of rotatable bonds is 4. The average molecular weight is 368 g/mol. The van der Waals surface area contributed by atoms with Gasteiger partial charge in [0.25, 0.3) is 0 Å². The van der Waals surface area contributed by atoms with E-state index in [-0.39, 0.29) is 11.8 Å². The lowest BCUT2D eigenvalue weighted by molar-refractivity contribution is 0.0531. The van der Waals surface area contributed by atoms with Crippen molar-refractivity contribution in [3.05, 3.63) is 46.1 Å². The van der Waals surface area contributed by atoms with Gasteiger partial charge in [-0.05, 0) is 49.6 Å². The Morgan fingerprint density at radius 1 is 1.27 bits per heavy atom. The number of fused-ring (bicyclic) bond motifs is 2. The van der Waals surface area contributed by atoms with Crippen molar-refractivity contribution in [2.75, 3.05) is 6.61 Å². The molecule has 0 unspecified atom stereocenters. The summed E-state index contributed by atoms with van der Waals surface area (Å²) in [6.07, 6.45) is 2.69. The number of benzene rings is 1. The second kappa shape index (κ2) is 6.49. The van der Waals surface area contributed by atoms with Crippen molar-refractivity contribution in [2.45, 2.75) is 26.7 Å². The van der Waals surface area contributed by atoms with E-state index in [0.717, 1.165) is 23.1 Å². The smallest absolute Gasteiger partial charge is 0.348 e. The SMILES string of the molecule is CCOC(=O)c1sc2ncnc(Oc3ccc4c(c3)CCC4=O)c2c1C. The number of carbonyl (C=O) groups excluding carboxylic acids is 2. The zero-order valence-corrected chi connectivity index (χ0v) is 15.2. The monoisotopic (exact) mass is 368 g/mol. The number of thiophene rings is 1. The third-order valence-corrected chi connectivity index (χ3v) is 5.55. The van der Waals surface area contributed by atoms with E-state index in [0.29, 0.717) is 39.8 Å². The Bertz CT molecular complexity index is 1040. The van der Waals surface area contributed by atoms with Crippen LogP contribution in [0.3, 0.4) is 0 Å². The molecule has 3 aromatic rings. The number of ether oxygens (including phenoxy) is 2. The van der Waals surface area contributed by atoms with Crippen LogP contribution in [0.5, 0.6) is 11.6 Å². The maximum Gasteiger partial charge on any atom is 0.348 e. The van der Waals surface area contributed by atoms with Gasteiger partial charge in [0.05, 0.1) is 12.0 Å². The number of hydrogen-bond donors (Lipinski definition) is 0. The lowest BCUT2D eigenvalue weighted by Crippen LogP contribution is -2.03. The Morgan fingerprint density at radius 3 is 2.92 bits per heavy atom. The number of hydrogen-bond acceptors (Lipinski definition) is 7. The first-order valence-corrected chi connectivity index (χ1v) is 9.15. The number of Topliss-reactive ketones (excluding diaryl/α,β-unsaturated/α-hetero) is 1. The van der Waals surface area contributed by atoms with Gasteiger partial charge >= 0.3 is 5.97 Å². The average Bonchev–Trinajstić information content (AvgIpc) is 3.16. The van der Waals surface area contributed by atoms with Gasteiger partial charge in [-0.25, -0.2) is 14.8 Å². The Hall–Kier alpha value is -2.80. The summed E-state index contributed by atoms with van der Waals surface area (Å²) in [7, 11) is 0. The standard InChI is InChI=1S/C19H16N2O4S/c1-3-24-19(23)16-10(2)15-17(20-9-21-18(15)26-16)25-12-5-6-13-11(8-12)4-7-14(13)22/h5-6,8-9H,3-4,7H2,1-2H3. The quantitative estimate of drug-likeness (QED) is 0.645. The summed E-state index contributed by atoms with van der Waals surface area (Å²) in [6.45, 7) is 3.92. The van der Waals surface area contributed by atoms with Crippen molar-refractivity contribution in [1.29, 1.82) is 0 Å². The molecular formula is C19H16N2O4S. The van der Waals surface area contributed by atoms with Crippen molar-refractivity contribution in [1.82, 2.24) is 9.97 Å². The van der Waals surface area contributed by atoms with E-state index in [4.69, 9.17) is 9.47 Å². The first kappa shape index (κ1) is 16.7. The highest BCUT2D eigenvalue weighted by atomic mass is 32.1. The third-order valence-electron chi connectivity index (χ3n) is 4.37. The number of esters is 1. The predicted molar refractivity (Wildman–Crippen MR) is 97.3 cm³/mol. The molecule has 1 aromatic carbocycles. The van der Waals surface area contributed by atoms with Gasteiger partial charge in [-0.15, -0.1) is 11.3 Å². The van der Waals surface area contributed by atoms with Gasteiger partial charge in [0.1, 0.15) is 21.8 Å². The first-order chi connectivity index (χ1) is 12.6. The second-order valence-corrected chi connectivity index (χ2v) is 6.98. The summed E-state index contributed by atoms with van der Waals surface area (Å²) in [4.78, 5) is 33.6. The molecule has 0 atom stereocenters. The van der Waals surface area contributed by atoms with Crippen LogP contribution < -0.4 is 4.74 Å². The summed E-state index contributed by atoms with van der Waals surface area (Å²) >= 11 is 1.27. The summed E-state index contributed by atoms with van der Waals surface area (Å²) in [6, 6.07) is 5.44. The van der Waals surface area contributed by atoms with Crippen LogP contribution in [0, 0.1) is 6.92 Å². The second-order valence-electron chi connectivity index (χ2n) is 5.98. The fraction of sp³-hybridized carbons (Fsp3) is 0.263. The van der Waals surface area contributed by atoms with Crippen molar-refractivity contribution >= 4 is 33.3 Å². The van der Waals surface area contributed by atoms with Gasteiger partial charge in [0.2, 0.25) is 5.88 Å². The molecule has 1 aliphatic carbocycles. The van der Waals surface area contributed by atoms with E-state index in [2.05, 4.69) is 9.97 Å². The zero-order valence-electron chi connectivity index (χ0n) is 14.4. The van der Waals surface area contributed by atoms with Crippen LogP contribution in [-0.2, 0) is 11.2 Å². The molecule has 0 saturated carbocycles. The fourth-order valence-electron chi connectivity index (χ4n) is 3.11. The van der Waals surface area contributed by atoms with Crippen molar-refractivity contribution in [3.63, 3.8) is 0 Å². The summed E-state index contributed by atoms with van der Waals surface area (Å²) in [5.74, 6) is 0.809. The van der Waals surface area contributed by atoms with Gasteiger partial charge in [-0.2, -0.15) is 0 Å². The number of aromatic nitrogens is 2. The molecule has 26 heavy (non-hydrogen) atoms. The lowest BCUT2D eigenvalue weighted by atomic mass is 10.1. The highest BCUT2D eigenvalue weighted by molar-refractivity contribution is 7.20. The van der Waals surface area contributed by atoms with Crippen LogP contribution in [0.1, 0.15) is 44.5 Å². The number of ketones is 1. The highest BCUT2D eigenvalue weighted by Gasteiger charge is 2.22. The lowest BCUT2D eigenvalue weighted by Gasteiger charge is -2.08. The third kappa shape index (κ3) is 2.74. The summed E-state index contributed by atoms with van der Waals surface area (Å²) in [5.41, 5.74) is 2.50. The van der Waals surface area contributed by atoms with Crippen molar-refractivity contribution in [3.8, 4) is 11.6 Å². The molecule has 0 radical (unpaired) electrons. The van der Waals surface area contributed by atoms with Crippen LogP contribution >= 0.6 is 11.3 Å². The molecule has 4 rings (SSSR count).